The van der Waals surface area contributed by atoms with Gasteiger partial charge >= 0.3 is 0 Å². The van der Waals surface area contributed by atoms with Crippen LogP contribution in [0.3, 0.4) is 0 Å². The van der Waals surface area contributed by atoms with Gasteiger partial charge in [-0.25, -0.2) is 0 Å². The van der Waals surface area contributed by atoms with Crippen LogP contribution in [-0.2, 0) is 0 Å². The number of benzene rings is 4. The maximum Gasteiger partial charge on any atom is 0.0683 e. The monoisotopic (exact) mass is 566 g/mol. The van der Waals surface area contributed by atoms with Crippen molar-refractivity contribution in [3.8, 4) is 0 Å². The van der Waals surface area contributed by atoms with Crippen LogP contribution in [0.2, 0.25) is 0 Å². The van der Waals surface area contributed by atoms with Crippen LogP contribution in [0.15, 0.2) is 168 Å². The van der Waals surface area contributed by atoms with Gasteiger partial charge in [0.2, 0.25) is 0 Å². The number of rotatable bonds is 9. The fraction of sp³-hybridized carbons (Fsp3) is 0.105. The third-order valence-electron chi connectivity index (χ3n) is 7.45. The molecule has 6 rings (SSSR count). The van der Waals surface area contributed by atoms with Gasteiger partial charge in [-0.05, 0) is 85.9 Å². The predicted molar refractivity (Wildman–Crippen MR) is 180 cm³/mol. The Labute approximate surface area is 247 Å². The number of nitrogens with zero attached hydrogens (tertiary/aromatic N) is 1. The molecule has 0 heterocycles. The maximum atomic E-state index is 3.74. The van der Waals surface area contributed by atoms with Gasteiger partial charge in [0.15, 0.2) is 0 Å². The zero-order valence-corrected chi connectivity index (χ0v) is 25.3. The molecule has 2 aliphatic rings. The fourth-order valence-corrected chi connectivity index (χ4v) is 10.7. The largest absolute Gasteiger partial charge is 0.298 e. The van der Waals surface area contributed by atoms with Crippen LogP contribution in [0.5, 0.6) is 0 Å². The van der Waals surface area contributed by atoms with Gasteiger partial charge in [-0.3, -0.25) is 4.90 Å². The van der Waals surface area contributed by atoms with E-state index in [-0.39, 0.29) is 6.04 Å². The highest BCUT2D eigenvalue weighted by Gasteiger charge is 2.33. The number of allylic oxidation sites excluding steroid dienone is 5. The third-order valence-corrected chi connectivity index (χ3v) is 12.6. The highest BCUT2D eigenvalue weighted by Crippen LogP contribution is 2.53. The summed E-state index contributed by atoms with van der Waals surface area (Å²) in [6.45, 7) is 0. The summed E-state index contributed by atoms with van der Waals surface area (Å²) < 4.78 is 0. The smallest absolute Gasteiger partial charge is 0.0683 e. The molecule has 0 fully saturated rings. The Morgan fingerprint density at radius 3 is 1.78 bits per heavy atom. The molecule has 2 atom stereocenters. The molecule has 0 N–H and O–H groups in total. The third kappa shape index (κ3) is 5.92. The van der Waals surface area contributed by atoms with Crippen LogP contribution in [0.1, 0.15) is 18.0 Å². The molecule has 0 spiro atoms. The Bertz CT molecular complexity index is 1600. The summed E-state index contributed by atoms with van der Waals surface area (Å²) in [4.78, 5) is 2.37. The lowest BCUT2D eigenvalue weighted by Crippen LogP contribution is -2.29. The van der Waals surface area contributed by atoms with E-state index in [4.69, 9.17) is 0 Å². The Balaban J connectivity index is 1.48. The molecule has 201 valence electrons. The highest BCUT2D eigenvalue weighted by molar-refractivity contribution is 7.77. The van der Waals surface area contributed by atoms with Crippen LogP contribution >= 0.6 is 15.8 Å². The van der Waals surface area contributed by atoms with E-state index in [2.05, 4.69) is 177 Å². The van der Waals surface area contributed by atoms with Crippen molar-refractivity contribution in [3.05, 3.63) is 180 Å². The molecule has 4 aromatic carbocycles. The summed E-state index contributed by atoms with van der Waals surface area (Å²) in [6.07, 6.45) is 14.4. The first-order valence-electron chi connectivity index (χ1n) is 14.1. The van der Waals surface area contributed by atoms with Gasteiger partial charge in [0, 0.05) is 12.0 Å². The summed E-state index contributed by atoms with van der Waals surface area (Å²) >= 11 is 0. The zero-order chi connectivity index (χ0) is 28.0. The maximum absolute atomic E-state index is 3.74. The summed E-state index contributed by atoms with van der Waals surface area (Å²) in [5.74, 6) is 0. The molecule has 1 unspecified atom stereocenters. The lowest BCUT2D eigenvalue weighted by Gasteiger charge is -2.34. The van der Waals surface area contributed by atoms with E-state index in [0.29, 0.717) is 0 Å². The first-order chi connectivity index (χ1) is 20.2. The van der Waals surface area contributed by atoms with E-state index in [1.807, 2.05) is 0 Å². The van der Waals surface area contributed by atoms with Gasteiger partial charge < -0.3 is 0 Å². The van der Waals surface area contributed by atoms with Crippen molar-refractivity contribution in [2.24, 2.45) is 0 Å². The van der Waals surface area contributed by atoms with E-state index in [1.165, 1.54) is 43.0 Å². The van der Waals surface area contributed by atoms with Crippen molar-refractivity contribution in [2.75, 3.05) is 14.1 Å². The van der Waals surface area contributed by atoms with E-state index in [1.54, 1.807) is 0 Å². The van der Waals surface area contributed by atoms with Gasteiger partial charge in [0.25, 0.3) is 0 Å². The minimum absolute atomic E-state index is 0.0750. The molecular formula is C38H34NP2. The van der Waals surface area contributed by atoms with E-state index < -0.39 is 15.8 Å². The second-order valence-electron chi connectivity index (χ2n) is 10.4. The van der Waals surface area contributed by atoms with Crippen LogP contribution in [0.4, 0.5) is 0 Å². The molecule has 0 aliphatic heterocycles. The van der Waals surface area contributed by atoms with E-state index in [9.17, 15) is 0 Å². The van der Waals surface area contributed by atoms with Crippen LogP contribution in [-0.4, -0.2) is 19.0 Å². The summed E-state index contributed by atoms with van der Waals surface area (Å²) in [6, 6.07) is 42.3. The molecule has 0 saturated heterocycles. The molecule has 0 amide bonds. The minimum Gasteiger partial charge on any atom is -0.298 e. The van der Waals surface area contributed by atoms with E-state index >= 15 is 0 Å². The Morgan fingerprint density at radius 2 is 1.22 bits per heavy atom. The van der Waals surface area contributed by atoms with Gasteiger partial charge in [0.05, 0.1) is 6.04 Å². The molecule has 41 heavy (non-hydrogen) atoms. The molecular weight excluding hydrogens is 532 g/mol. The van der Waals surface area contributed by atoms with Gasteiger partial charge in [0.1, 0.15) is 0 Å². The molecule has 3 heteroatoms. The first-order valence-corrected chi connectivity index (χ1v) is 16.8. The molecule has 4 aromatic rings. The number of hydrogen-bond donors (Lipinski definition) is 0. The number of hydrogen-bond acceptors (Lipinski definition) is 1. The van der Waals surface area contributed by atoms with Crippen LogP contribution in [0.25, 0.3) is 0 Å². The summed E-state index contributed by atoms with van der Waals surface area (Å²) in [7, 11) is 2.99. The first kappa shape index (κ1) is 27.6. The van der Waals surface area contributed by atoms with Gasteiger partial charge in [-0.1, -0.05) is 133 Å². The zero-order valence-electron chi connectivity index (χ0n) is 23.6. The highest BCUT2D eigenvalue weighted by atomic mass is 31.1. The normalized spacial score (nSPS) is 16.0. The van der Waals surface area contributed by atoms with Crippen LogP contribution in [0, 0.1) is 6.42 Å². The second kappa shape index (κ2) is 13.0. The van der Waals surface area contributed by atoms with Gasteiger partial charge in [-0.2, -0.15) is 0 Å². The van der Waals surface area contributed by atoms with Crippen molar-refractivity contribution < 1.29 is 0 Å². The average Bonchev–Trinajstić information content (AvgIpc) is 3.49. The van der Waals surface area contributed by atoms with Crippen molar-refractivity contribution >= 4 is 37.1 Å². The van der Waals surface area contributed by atoms with E-state index in [0.717, 1.165) is 6.42 Å². The van der Waals surface area contributed by atoms with Gasteiger partial charge in [-0.15, -0.1) is 5.73 Å². The minimum atomic E-state index is -0.736. The summed E-state index contributed by atoms with van der Waals surface area (Å²) in [5, 5.41) is 8.41. The second-order valence-corrected chi connectivity index (χ2v) is 14.8. The van der Waals surface area contributed by atoms with Crippen molar-refractivity contribution in [3.63, 3.8) is 0 Å². The molecule has 1 nitrogen and oxygen atoms in total. The van der Waals surface area contributed by atoms with Crippen LogP contribution < -0.4 is 21.2 Å². The SMILES string of the molecule is CN(C)[C@@H](C1=C=CC=C1P(c1ccccc1)c1ccccc1)c1ccccc1P(C1=C[CH]C=CC1)c1ccccc1. The topological polar surface area (TPSA) is 3.24 Å². The molecule has 2 aliphatic carbocycles. The van der Waals surface area contributed by atoms with Crippen molar-refractivity contribution in [2.45, 2.75) is 12.5 Å². The summed E-state index contributed by atoms with van der Waals surface area (Å²) in [5.41, 5.74) is 6.38. The Kier molecular flexibility index (Phi) is 8.72. The molecule has 1 radical (unpaired) electrons. The average molecular weight is 567 g/mol. The van der Waals surface area contributed by atoms with Crippen molar-refractivity contribution in [1.82, 2.24) is 4.90 Å². The lowest BCUT2D eigenvalue weighted by molar-refractivity contribution is 0.343. The standard InChI is InChI=1S/C38H34NP2/c1-39(2)38(35-27-17-29-37(35)41(32-22-11-5-12-23-32)33-24-13-6-14-25-33)34-26-15-16-28-36(34)40(30-18-7-3-8-19-30)31-20-9-4-10-21-31/h3-20,22-26,28-29,38H,21H2,1-2H3/t38-,40?/m1/s1. The Hall–Kier alpha value is -3.56. The molecule has 0 bridgehead atoms. The quantitative estimate of drug-likeness (QED) is 0.147. The number of likely N-dealkylation sites (N-methyl/N-ethyl adjacent to an activating group) is 1. The fourth-order valence-electron chi connectivity index (χ4n) is 5.69. The lowest BCUT2D eigenvalue weighted by atomic mass is 9.98. The predicted octanol–water partition coefficient (Wildman–Crippen LogP) is 7.88. The molecule has 0 aromatic heterocycles. The molecule has 0 saturated carbocycles. The Morgan fingerprint density at radius 1 is 0.659 bits per heavy atom. The van der Waals surface area contributed by atoms with Crippen molar-refractivity contribution in [1.29, 1.82) is 0 Å².